The summed E-state index contributed by atoms with van der Waals surface area (Å²) in [6.45, 7) is 11.9. The minimum absolute atomic E-state index is 0.394. The van der Waals surface area contributed by atoms with Crippen LogP contribution in [0.1, 0.15) is 59.8 Å². The van der Waals surface area contributed by atoms with Crippen LogP contribution in [0.2, 0.25) is 0 Å². The third-order valence-corrected chi connectivity index (χ3v) is 3.76. The van der Waals surface area contributed by atoms with E-state index in [1.165, 1.54) is 25.7 Å². The Kier molecular flexibility index (Phi) is 6.50. The lowest BCUT2D eigenvalue weighted by atomic mass is 9.86. The summed E-state index contributed by atoms with van der Waals surface area (Å²) in [6, 6.07) is 0.731. The SMILES string of the molecule is CC1CCCCC1NCCOCCC(C)(C)C. The zero-order valence-electron chi connectivity index (χ0n) is 12.2. The van der Waals surface area contributed by atoms with Gasteiger partial charge in [-0.05, 0) is 30.6 Å². The first-order chi connectivity index (χ1) is 7.99. The van der Waals surface area contributed by atoms with Crippen LogP contribution >= 0.6 is 0 Å². The molecule has 0 bridgehead atoms. The molecule has 17 heavy (non-hydrogen) atoms. The highest BCUT2D eigenvalue weighted by Gasteiger charge is 2.20. The molecule has 0 radical (unpaired) electrons. The van der Waals surface area contributed by atoms with Crippen LogP contribution in [-0.4, -0.2) is 25.8 Å². The summed E-state index contributed by atoms with van der Waals surface area (Å²) < 4.78 is 5.67. The van der Waals surface area contributed by atoms with E-state index < -0.39 is 0 Å². The molecule has 2 atom stereocenters. The van der Waals surface area contributed by atoms with Crippen molar-refractivity contribution in [2.75, 3.05) is 19.8 Å². The minimum atomic E-state index is 0.394. The van der Waals surface area contributed by atoms with Gasteiger partial charge in [0.15, 0.2) is 0 Å². The highest BCUT2D eigenvalue weighted by Crippen LogP contribution is 2.23. The van der Waals surface area contributed by atoms with Crippen LogP contribution in [0.4, 0.5) is 0 Å². The van der Waals surface area contributed by atoms with Gasteiger partial charge in [0.1, 0.15) is 0 Å². The second-order valence-corrected chi connectivity index (χ2v) is 6.75. The lowest BCUT2D eigenvalue weighted by molar-refractivity contribution is 0.105. The number of ether oxygens (including phenoxy) is 1. The Labute approximate surface area is 108 Å². The van der Waals surface area contributed by atoms with Crippen molar-refractivity contribution in [3.05, 3.63) is 0 Å². The Morgan fingerprint density at radius 3 is 2.47 bits per heavy atom. The first-order valence-corrected chi connectivity index (χ1v) is 7.30. The van der Waals surface area contributed by atoms with Crippen LogP contribution in [0, 0.1) is 11.3 Å². The molecule has 1 N–H and O–H groups in total. The van der Waals surface area contributed by atoms with Crippen LogP contribution in [0.15, 0.2) is 0 Å². The zero-order valence-corrected chi connectivity index (χ0v) is 12.2. The maximum Gasteiger partial charge on any atom is 0.0591 e. The molecule has 0 aromatic rings. The van der Waals surface area contributed by atoms with Gasteiger partial charge in [-0.25, -0.2) is 0 Å². The van der Waals surface area contributed by atoms with Crippen LogP contribution in [0.25, 0.3) is 0 Å². The van der Waals surface area contributed by atoms with Crippen molar-refractivity contribution >= 4 is 0 Å². The van der Waals surface area contributed by atoms with Gasteiger partial charge in [-0.15, -0.1) is 0 Å². The molecule has 0 aliphatic heterocycles. The summed E-state index contributed by atoms with van der Waals surface area (Å²) in [5, 5.41) is 3.64. The summed E-state index contributed by atoms with van der Waals surface area (Å²) in [4.78, 5) is 0. The maximum atomic E-state index is 5.67. The van der Waals surface area contributed by atoms with Crippen LogP contribution in [0.5, 0.6) is 0 Å². The molecule has 2 nitrogen and oxygen atoms in total. The number of nitrogens with one attached hydrogen (secondary N) is 1. The molecule has 0 aromatic heterocycles. The predicted octanol–water partition coefficient (Wildman–Crippen LogP) is 3.61. The number of rotatable bonds is 6. The molecule has 0 heterocycles. The standard InChI is InChI=1S/C15H31NO/c1-13-7-5-6-8-14(13)16-10-12-17-11-9-15(2,3)4/h13-14,16H,5-12H2,1-4H3. The lowest BCUT2D eigenvalue weighted by Gasteiger charge is -2.29. The molecule has 0 aromatic carbocycles. The van der Waals surface area contributed by atoms with Gasteiger partial charge in [0.2, 0.25) is 0 Å². The fourth-order valence-corrected chi connectivity index (χ4v) is 2.42. The molecule has 1 rings (SSSR count). The van der Waals surface area contributed by atoms with Gasteiger partial charge in [0, 0.05) is 19.2 Å². The van der Waals surface area contributed by atoms with Crippen molar-refractivity contribution in [1.29, 1.82) is 0 Å². The monoisotopic (exact) mass is 241 g/mol. The highest BCUT2D eigenvalue weighted by molar-refractivity contribution is 4.77. The molecule has 1 aliphatic rings. The highest BCUT2D eigenvalue weighted by atomic mass is 16.5. The molecular formula is C15H31NO. The van der Waals surface area contributed by atoms with Crippen molar-refractivity contribution in [2.45, 2.75) is 65.8 Å². The quantitative estimate of drug-likeness (QED) is 0.717. The first kappa shape index (κ1) is 15.0. The molecule has 2 unspecified atom stereocenters. The Morgan fingerprint density at radius 1 is 1.12 bits per heavy atom. The van der Waals surface area contributed by atoms with E-state index in [4.69, 9.17) is 4.74 Å². The fraction of sp³-hybridized carbons (Fsp3) is 1.00. The van der Waals surface area contributed by atoms with E-state index in [0.29, 0.717) is 5.41 Å². The molecule has 1 fully saturated rings. The van der Waals surface area contributed by atoms with Crippen LogP contribution in [-0.2, 0) is 4.74 Å². The molecule has 0 saturated heterocycles. The topological polar surface area (TPSA) is 21.3 Å². The molecule has 2 heteroatoms. The third-order valence-electron chi connectivity index (χ3n) is 3.76. The van der Waals surface area contributed by atoms with E-state index in [2.05, 4.69) is 33.0 Å². The van der Waals surface area contributed by atoms with Gasteiger partial charge in [-0.1, -0.05) is 40.5 Å². The van der Waals surface area contributed by atoms with Crippen LogP contribution < -0.4 is 5.32 Å². The van der Waals surface area contributed by atoms with E-state index in [9.17, 15) is 0 Å². The average Bonchev–Trinajstić information content (AvgIpc) is 2.24. The first-order valence-electron chi connectivity index (χ1n) is 7.30. The molecular weight excluding hydrogens is 210 g/mol. The Bertz CT molecular complexity index is 198. The second kappa shape index (κ2) is 7.38. The molecule has 1 saturated carbocycles. The van der Waals surface area contributed by atoms with Crippen molar-refractivity contribution in [3.63, 3.8) is 0 Å². The summed E-state index contributed by atoms with van der Waals surface area (Å²) >= 11 is 0. The van der Waals surface area contributed by atoms with E-state index in [-0.39, 0.29) is 0 Å². The van der Waals surface area contributed by atoms with E-state index >= 15 is 0 Å². The largest absolute Gasteiger partial charge is 0.380 e. The Hall–Kier alpha value is -0.0800. The molecule has 0 amide bonds. The molecule has 1 aliphatic carbocycles. The number of hydrogen-bond donors (Lipinski definition) is 1. The fourth-order valence-electron chi connectivity index (χ4n) is 2.42. The van der Waals surface area contributed by atoms with Gasteiger partial charge in [0.05, 0.1) is 6.61 Å². The van der Waals surface area contributed by atoms with Crippen molar-refractivity contribution in [1.82, 2.24) is 5.32 Å². The van der Waals surface area contributed by atoms with E-state index in [0.717, 1.165) is 38.1 Å². The Morgan fingerprint density at radius 2 is 1.82 bits per heavy atom. The normalized spacial score (nSPS) is 26.1. The summed E-state index contributed by atoms with van der Waals surface area (Å²) in [6.07, 6.45) is 6.70. The molecule has 102 valence electrons. The third kappa shape index (κ3) is 7.05. The Balaban J connectivity index is 1.96. The van der Waals surface area contributed by atoms with Crippen molar-refractivity contribution in [2.24, 2.45) is 11.3 Å². The van der Waals surface area contributed by atoms with E-state index in [1.54, 1.807) is 0 Å². The minimum Gasteiger partial charge on any atom is -0.380 e. The van der Waals surface area contributed by atoms with Crippen molar-refractivity contribution < 1.29 is 4.74 Å². The second-order valence-electron chi connectivity index (χ2n) is 6.75. The summed E-state index contributed by atoms with van der Waals surface area (Å²) in [5.41, 5.74) is 0.394. The van der Waals surface area contributed by atoms with Gasteiger partial charge < -0.3 is 10.1 Å². The summed E-state index contributed by atoms with van der Waals surface area (Å²) in [5.74, 6) is 0.846. The van der Waals surface area contributed by atoms with Crippen LogP contribution in [0.3, 0.4) is 0 Å². The number of hydrogen-bond acceptors (Lipinski definition) is 2. The predicted molar refractivity (Wildman–Crippen MR) is 74.3 cm³/mol. The average molecular weight is 241 g/mol. The molecule has 0 spiro atoms. The summed E-state index contributed by atoms with van der Waals surface area (Å²) in [7, 11) is 0. The zero-order chi connectivity index (χ0) is 12.7. The maximum absolute atomic E-state index is 5.67. The van der Waals surface area contributed by atoms with Gasteiger partial charge in [-0.3, -0.25) is 0 Å². The van der Waals surface area contributed by atoms with Gasteiger partial charge in [-0.2, -0.15) is 0 Å². The lowest BCUT2D eigenvalue weighted by Crippen LogP contribution is -2.39. The van der Waals surface area contributed by atoms with Gasteiger partial charge in [0.25, 0.3) is 0 Å². The smallest absolute Gasteiger partial charge is 0.0591 e. The van der Waals surface area contributed by atoms with E-state index in [1.807, 2.05) is 0 Å². The van der Waals surface area contributed by atoms with Gasteiger partial charge >= 0.3 is 0 Å². The van der Waals surface area contributed by atoms with Crippen molar-refractivity contribution in [3.8, 4) is 0 Å².